The molecule has 1 aromatic heterocycles. The topological polar surface area (TPSA) is 50.2 Å². The van der Waals surface area contributed by atoms with Crippen LogP contribution < -0.4 is 10.2 Å². The van der Waals surface area contributed by atoms with E-state index in [0.717, 1.165) is 50.4 Å². The molecule has 3 rings (SSSR count). The molecule has 5 heteroatoms. The molecular weight excluding hydrogens is 360 g/mol. The number of piperidine rings is 1. The standard InChI is InChI=1S/C24H38N4O/c1-16(2)28-21-15-18(4)17(3)14-20(21)26-23(28)27-12-8-19(9-13-27)22(29)25-11-10-24(5,6)7/h14-16,19H,8-13H2,1-7H3,(H,25,29). The highest BCUT2D eigenvalue weighted by Crippen LogP contribution is 2.31. The molecule has 2 heterocycles. The molecule has 0 unspecified atom stereocenters. The van der Waals surface area contributed by atoms with Gasteiger partial charge in [0, 0.05) is 31.6 Å². The van der Waals surface area contributed by atoms with E-state index in [2.05, 4.69) is 75.4 Å². The molecule has 1 N–H and O–H groups in total. The molecule has 0 bridgehead atoms. The van der Waals surface area contributed by atoms with E-state index in [9.17, 15) is 4.79 Å². The Kier molecular flexibility index (Phi) is 6.25. The number of aromatic nitrogens is 2. The molecule has 1 aliphatic heterocycles. The van der Waals surface area contributed by atoms with Crippen molar-refractivity contribution in [1.82, 2.24) is 14.9 Å². The van der Waals surface area contributed by atoms with Gasteiger partial charge in [-0.3, -0.25) is 4.79 Å². The van der Waals surface area contributed by atoms with Crippen LogP contribution in [0, 0.1) is 25.2 Å². The third-order valence-electron chi connectivity index (χ3n) is 6.13. The first-order valence-corrected chi connectivity index (χ1v) is 11.1. The van der Waals surface area contributed by atoms with E-state index in [1.54, 1.807) is 0 Å². The largest absolute Gasteiger partial charge is 0.356 e. The van der Waals surface area contributed by atoms with Crippen LogP contribution in [0.25, 0.3) is 11.0 Å². The maximum absolute atomic E-state index is 12.6. The lowest BCUT2D eigenvalue weighted by molar-refractivity contribution is -0.125. The Balaban J connectivity index is 1.70. The van der Waals surface area contributed by atoms with Crippen molar-refractivity contribution in [3.63, 3.8) is 0 Å². The third kappa shape index (κ3) is 4.93. The van der Waals surface area contributed by atoms with Crippen molar-refractivity contribution in [2.24, 2.45) is 11.3 Å². The molecule has 0 spiro atoms. The Morgan fingerprint density at radius 1 is 1.17 bits per heavy atom. The molecule has 0 radical (unpaired) electrons. The fraction of sp³-hybridized carbons (Fsp3) is 0.667. The summed E-state index contributed by atoms with van der Waals surface area (Å²) < 4.78 is 2.35. The van der Waals surface area contributed by atoms with Crippen molar-refractivity contribution in [3.05, 3.63) is 23.3 Å². The maximum Gasteiger partial charge on any atom is 0.223 e. The predicted octanol–water partition coefficient (Wildman–Crippen LogP) is 5.00. The van der Waals surface area contributed by atoms with Gasteiger partial charge in [-0.2, -0.15) is 0 Å². The second-order valence-electron chi connectivity index (χ2n) is 10.2. The maximum atomic E-state index is 12.6. The summed E-state index contributed by atoms with van der Waals surface area (Å²) in [6, 6.07) is 4.80. The van der Waals surface area contributed by atoms with Crippen molar-refractivity contribution < 1.29 is 4.79 Å². The van der Waals surface area contributed by atoms with Crippen LogP contribution in [0.5, 0.6) is 0 Å². The number of benzene rings is 1. The van der Waals surface area contributed by atoms with Crippen LogP contribution >= 0.6 is 0 Å². The normalized spacial score (nSPS) is 16.1. The fourth-order valence-electron chi connectivity index (χ4n) is 4.12. The van der Waals surface area contributed by atoms with Crippen molar-refractivity contribution in [2.75, 3.05) is 24.5 Å². The summed E-state index contributed by atoms with van der Waals surface area (Å²) in [4.78, 5) is 19.9. The summed E-state index contributed by atoms with van der Waals surface area (Å²) in [5, 5.41) is 3.15. The number of anilines is 1. The molecule has 1 amide bonds. The van der Waals surface area contributed by atoms with Gasteiger partial charge >= 0.3 is 0 Å². The lowest BCUT2D eigenvalue weighted by atomic mass is 9.92. The Bertz CT molecular complexity index is 867. The van der Waals surface area contributed by atoms with Crippen molar-refractivity contribution in [1.29, 1.82) is 0 Å². The van der Waals surface area contributed by atoms with Crippen LogP contribution in [0.2, 0.25) is 0 Å². The molecule has 2 aromatic rings. The number of aryl methyl sites for hydroxylation is 2. The Labute approximate surface area is 175 Å². The molecule has 1 aromatic carbocycles. The van der Waals surface area contributed by atoms with Gasteiger partial charge in [0.05, 0.1) is 11.0 Å². The van der Waals surface area contributed by atoms with E-state index >= 15 is 0 Å². The molecule has 0 atom stereocenters. The van der Waals surface area contributed by atoms with Gasteiger partial charge in [0.25, 0.3) is 0 Å². The van der Waals surface area contributed by atoms with Crippen LogP contribution in [-0.4, -0.2) is 35.1 Å². The number of amides is 1. The van der Waals surface area contributed by atoms with E-state index in [0.29, 0.717) is 6.04 Å². The summed E-state index contributed by atoms with van der Waals surface area (Å²) in [5.41, 5.74) is 5.11. The zero-order valence-electron chi connectivity index (χ0n) is 19.3. The highest BCUT2D eigenvalue weighted by Gasteiger charge is 2.28. The van der Waals surface area contributed by atoms with Gasteiger partial charge in [0.2, 0.25) is 11.9 Å². The molecule has 1 saturated heterocycles. The monoisotopic (exact) mass is 398 g/mol. The first-order chi connectivity index (χ1) is 13.6. The number of fused-ring (bicyclic) bond motifs is 1. The molecular formula is C24H38N4O. The summed E-state index contributed by atoms with van der Waals surface area (Å²) in [6.45, 7) is 17.9. The average molecular weight is 399 g/mol. The quantitative estimate of drug-likeness (QED) is 0.771. The zero-order chi connectivity index (χ0) is 21.3. The molecule has 0 aliphatic carbocycles. The van der Waals surface area contributed by atoms with Crippen molar-refractivity contribution in [3.8, 4) is 0 Å². The molecule has 0 saturated carbocycles. The van der Waals surface area contributed by atoms with Crippen LogP contribution in [0.4, 0.5) is 5.95 Å². The lowest BCUT2D eigenvalue weighted by Crippen LogP contribution is -2.42. The van der Waals surface area contributed by atoms with E-state index in [1.165, 1.54) is 16.6 Å². The SMILES string of the molecule is Cc1cc2nc(N3CCC(C(=O)NCCC(C)(C)C)CC3)n(C(C)C)c2cc1C. The number of hydrogen-bond acceptors (Lipinski definition) is 3. The van der Waals surface area contributed by atoms with E-state index in [4.69, 9.17) is 4.98 Å². The molecule has 160 valence electrons. The van der Waals surface area contributed by atoms with Crippen LogP contribution in [0.1, 0.15) is 71.0 Å². The van der Waals surface area contributed by atoms with Crippen LogP contribution in [0.3, 0.4) is 0 Å². The van der Waals surface area contributed by atoms with Gasteiger partial charge in [-0.15, -0.1) is 0 Å². The van der Waals surface area contributed by atoms with Crippen LogP contribution in [-0.2, 0) is 4.79 Å². The van der Waals surface area contributed by atoms with Gasteiger partial charge < -0.3 is 14.8 Å². The second kappa shape index (κ2) is 8.37. The number of nitrogens with one attached hydrogen (secondary N) is 1. The molecule has 5 nitrogen and oxygen atoms in total. The Hall–Kier alpha value is -2.04. The van der Waals surface area contributed by atoms with E-state index in [1.807, 2.05) is 0 Å². The highest BCUT2D eigenvalue weighted by molar-refractivity contribution is 5.81. The van der Waals surface area contributed by atoms with Gasteiger partial charge in [0.15, 0.2) is 0 Å². The minimum absolute atomic E-state index is 0.118. The average Bonchev–Trinajstić information content (AvgIpc) is 2.99. The fourth-order valence-corrected chi connectivity index (χ4v) is 4.12. The highest BCUT2D eigenvalue weighted by atomic mass is 16.1. The van der Waals surface area contributed by atoms with Gasteiger partial charge in [-0.25, -0.2) is 4.98 Å². The number of carbonyl (C=O) groups is 1. The number of imidazole rings is 1. The smallest absolute Gasteiger partial charge is 0.223 e. The minimum Gasteiger partial charge on any atom is -0.356 e. The lowest BCUT2D eigenvalue weighted by Gasteiger charge is -2.33. The molecule has 1 aliphatic rings. The first kappa shape index (κ1) is 21.7. The Morgan fingerprint density at radius 2 is 1.79 bits per heavy atom. The number of hydrogen-bond donors (Lipinski definition) is 1. The minimum atomic E-state index is 0.118. The number of nitrogens with zero attached hydrogens (tertiary/aromatic N) is 3. The first-order valence-electron chi connectivity index (χ1n) is 11.1. The van der Waals surface area contributed by atoms with Gasteiger partial charge in [0.1, 0.15) is 0 Å². The second-order valence-corrected chi connectivity index (χ2v) is 10.2. The predicted molar refractivity (Wildman–Crippen MR) is 122 cm³/mol. The summed E-state index contributed by atoms with van der Waals surface area (Å²) in [6.07, 6.45) is 2.79. The summed E-state index contributed by atoms with van der Waals surface area (Å²) in [5.74, 6) is 1.39. The molecule has 1 fully saturated rings. The summed E-state index contributed by atoms with van der Waals surface area (Å²) >= 11 is 0. The summed E-state index contributed by atoms with van der Waals surface area (Å²) in [7, 11) is 0. The van der Waals surface area contributed by atoms with E-state index < -0.39 is 0 Å². The number of carbonyl (C=O) groups excluding carboxylic acids is 1. The van der Waals surface area contributed by atoms with Crippen molar-refractivity contribution in [2.45, 2.75) is 73.8 Å². The molecule has 29 heavy (non-hydrogen) atoms. The third-order valence-corrected chi connectivity index (χ3v) is 6.13. The van der Waals surface area contributed by atoms with Gasteiger partial charge in [-0.1, -0.05) is 20.8 Å². The zero-order valence-corrected chi connectivity index (χ0v) is 19.3. The van der Waals surface area contributed by atoms with Crippen LogP contribution in [0.15, 0.2) is 12.1 Å². The number of rotatable bonds is 5. The van der Waals surface area contributed by atoms with E-state index in [-0.39, 0.29) is 17.2 Å². The van der Waals surface area contributed by atoms with Crippen molar-refractivity contribution >= 4 is 22.9 Å². The Morgan fingerprint density at radius 3 is 2.38 bits per heavy atom. The van der Waals surface area contributed by atoms with Gasteiger partial charge in [-0.05, 0) is 75.6 Å².